The van der Waals surface area contributed by atoms with Crippen LogP contribution in [-0.2, 0) is 4.79 Å². The largest absolute Gasteiger partial charge is 0.347 e. The zero-order chi connectivity index (χ0) is 18.1. The number of rotatable bonds is 3. The lowest BCUT2D eigenvalue weighted by molar-refractivity contribution is -0.120. The lowest BCUT2D eigenvalue weighted by atomic mass is 9.97. The first-order chi connectivity index (χ1) is 12.6. The third-order valence-electron chi connectivity index (χ3n) is 4.51. The van der Waals surface area contributed by atoms with E-state index in [0.717, 1.165) is 29.2 Å². The molecule has 1 saturated heterocycles. The summed E-state index contributed by atoms with van der Waals surface area (Å²) in [5.41, 5.74) is 0.827. The van der Waals surface area contributed by atoms with Crippen molar-refractivity contribution in [2.45, 2.75) is 12.8 Å². The average Bonchev–Trinajstić information content (AvgIpc) is 3.08. The maximum atomic E-state index is 13.9. The number of benzene rings is 2. The van der Waals surface area contributed by atoms with Gasteiger partial charge in [-0.2, -0.15) is 0 Å². The fourth-order valence-electron chi connectivity index (χ4n) is 3.21. The Morgan fingerprint density at radius 1 is 1.23 bits per heavy atom. The molecule has 0 radical (unpaired) electrons. The molecule has 4 rings (SSSR count). The van der Waals surface area contributed by atoms with Crippen LogP contribution in [0.25, 0.3) is 10.2 Å². The topological polar surface area (TPSA) is 45.2 Å². The number of nitrogens with zero attached hydrogens (tertiary/aromatic N) is 2. The van der Waals surface area contributed by atoms with E-state index in [2.05, 4.69) is 10.3 Å². The zero-order valence-corrected chi connectivity index (χ0v) is 14.7. The van der Waals surface area contributed by atoms with Gasteiger partial charge in [-0.25, -0.2) is 13.8 Å². The number of carbonyl (C=O) groups is 1. The van der Waals surface area contributed by atoms with E-state index in [4.69, 9.17) is 0 Å². The SMILES string of the molecule is O=C(Nc1cccc(F)c1)C1CCCN(c2nc3c(F)cccc3s2)C1. The maximum absolute atomic E-state index is 13.9. The fourth-order valence-corrected chi connectivity index (χ4v) is 4.23. The van der Waals surface area contributed by atoms with Gasteiger partial charge in [-0.05, 0) is 43.2 Å². The minimum absolute atomic E-state index is 0.132. The molecular weight excluding hydrogens is 356 g/mol. The summed E-state index contributed by atoms with van der Waals surface area (Å²) >= 11 is 1.43. The Labute approximate surface area is 153 Å². The molecule has 1 fully saturated rings. The van der Waals surface area contributed by atoms with Gasteiger partial charge in [-0.3, -0.25) is 4.79 Å². The number of anilines is 2. The molecule has 7 heteroatoms. The molecule has 0 spiro atoms. The monoisotopic (exact) mass is 373 g/mol. The molecule has 1 aliphatic rings. The summed E-state index contributed by atoms with van der Waals surface area (Å²) in [7, 11) is 0. The van der Waals surface area contributed by atoms with E-state index in [9.17, 15) is 13.6 Å². The summed E-state index contributed by atoms with van der Waals surface area (Å²) in [5.74, 6) is -1.07. The maximum Gasteiger partial charge on any atom is 0.229 e. The molecule has 1 atom stereocenters. The molecular formula is C19H17F2N3OS. The van der Waals surface area contributed by atoms with Crippen molar-refractivity contribution in [1.82, 2.24) is 4.98 Å². The smallest absolute Gasteiger partial charge is 0.229 e. The third kappa shape index (κ3) is 3.39. The lowest BCUT2D eigenvalue weighted by Gasteiger charge is -2.31. The number of carbonyl (C=O) groups excluding carboxylic acids is 1. The van der Waals surface area contributed by atoms with Crippen molar-refractivity contribution < 1.29 is 13.6 Å². The van der Waals surface area contributed by atoms with Gasteiger partial charge in [0, 0.05) is 18.8 Å². The number of para-hydroxylation sites is 1. The molecule has 4 nitrogen and oxygen atoms in total. The standard InChI is InChI=1S/C19H17F2N3OS/c20-13-5-1-6-14(10-13)22-18(25)12-4-3-9-24(11-12)19-23-17-15(21)7-2-8-16(17)26-19/h1-2,5-8,10,12H,3-4,9,11H2,(H,22,25). The van der Waals surface area contributed by atoms with Crippen LogP contribution >= 0.6 is 11.3 Å². The molecule has 1 N–H and O–H groups in total. The van der Waals surface area contributed by atoms with Gasteiger partial charge in [0.2, 0.25) is 5.91 Å². The first kappa shape index (κ1) is 16.9. The number of piperidine rings is 1. The Morgan fingerprint density at radius 3 is 2.88 bits per heavy atom. The summed E-state index contributed by atoms with van der Waals surface area (Å²) in [6.45, 7) is 1.30. The van der Waals surface area contributed by atoms with Crippen molar-refractivity contribution in [3.63, 3.8) is 0 Å². The molecule has 0 saturated carbocycles. The van der Waals surface area contributed by atoms with E-state index < -0.39 is 0 Å². The summed E-state index contributed by atoms with van der Waals surface area (Å²) in [5, 5.41) is 3.51. The van der Waals surface area contributed by atoms with Gasteiger partial charge in [0.15, 0.2) is 5.13 Å². The number of nitrogens with one attached hydrogen (secondary N) is 1. The Bertz CT molecular complexity index is 959. The predicted molar refractivity (Wildman–Crippen MR) is 99.5 cm³/mol. The Kier molecular flexibility index (Phi) is 4.55. The quantitative estimate of drug-likeness (QED) is 0.739. The molecule has 1 aromatic heterocycles. The summed E-state index contributed by atoms with van der Waals surface area (Å²) in [4.78, 5) is 19.0. The Balaban J connectivity index is 1.49. The van der Waals surface area contributed by atoms with E-state index in [1.807, 2.05) is 11.0 Å². The molecule has 134 valence electrons. The molecule has 1 unspecified atom stereocenters. The van der Waals surface area contributed by atoms with E-state index in [1.54, 1.807) is 18.2 Å². The minimum atomic E-state index is -0.385. The number of hydrogen-bond acceptors (Lipinski definition) is 4. The van der Waals surface area contributed by atoms with Crippen LogP contribution in [0.1, 0.15) is 12.8 Å². The van der Waals surface area contributed by atoms with Crippen LogP contribution in [0.4, 0.5) is 19.6 Å². The van der Waals surface area contributed by atoms with Crippen molar-refractivity contribution in [3.8, 4) is 0 Å². The molecule has 0 aliphatic carbocycles. The third-order valence-corrected chi connectivity index (χ3v) is 5.59. The molecule has 2 aromatic carbocycles. The number of thiazole rings is 1. The summed E-state index contributed by atoms with van der Waals surface area (Å²) < 4.78 is 28.0. The molecule has 1 amide bonds. The van der Waals surface area contributed by atoms with Crippen molar-refractivity contribution in [2.75, 3.05) is 23.3 Å². The molecule has 2 heterocycles. The molecule has 26 heavy (non-hydrogen) atoms. The second-order valence-corrected chi connectivity index (χ2v) is 7.38. The van der Waals surface area contributed by atoms with E-state index in [1.165, 1.54) is 29.5 Å². The van der Waals surface area contributed by atoms with Gasteiger partial charge < -0.3 is 10.2 Å². The second-order valence-electron chi connectivity index (χ2n) is 6.37. The van der Waals surface area contributed by atoms with Gasteiger partial charge in [0.05, 0.1) is 10.6 Å². The average molecular weight is 373 g/mol. The predicted octanol–water partition coefficient (Wildman–Crippen LogP) is 4.43. The van der Waals surface area contributed by atoms with Crippen molar-refractivity contribution in [2.24, 2.45) is 5.92 Å². The van der Waals surface area contributed by atoms with E-state index >= 15 is 0 Å². The number of halogens is 2. The van der Waals surface area contributed by atoms with Crippen molar-refractivity contribution in [1.29, 1.82) is 0 Å². The van der Waals surface area contributed by atoms with Crippen LogP contribution in [-0.4, -0.2) is 24.0 Å². The Hall–Kier alpha value is -2.54. The highest BCUT2D eigenvalue weighted by Crippen LogP contribution is 2.32. The van der Waals surface area contributed by atoms with Gasteiger partial charge in [-0.1, -0.05) is 23.5 Å². The zero-order valence-electron chi connectivity index (χ0n) is 13.9. The fraction of sp³-hybridized carbons (Fsp3) is 0.263. The van der Waals surface area contributed by atoms with Crippen LogP contribution in [0.3, 0.4) is 0 Å². The first-order valence-electron chi connectivity index (χ1n) is 8.46. The van der Waals surface area contributed by atoms with Gasteiger partial charge in [-0.15, -0.1) is 0 Å². The van der Waals surface area contributed by atoms with Gasteiger partial charge in [0.25, 0.3) is 0 Å². The summed E-state index contributed by atoms with van der Waals surface area (Å²) in [6, 6.07) is 10.8. The molecule has 0 bridgehead atoms. The highest BCUT2D eigenvalue weighted by Gasteiger charge is 2.27. The second kappa shape index (κ2) is 6.99. The highest BCUT2D eigenvalue weighted by atomic mass is 32.1. The van der Waals surface area contributed by atoms with Gasteiger partial charge >= 0.3 is 0 Å². The first-order valence-corrected chi connectivity index (χ1v) is 9.28. The van der Waals surface area contributed by atoms with Crippen molar-refractivity contribution in [3.05, 3.63) is 54.1 Å². The highest BCUT2D eigenvalue weighted by molar-refractivity contribution is 7.22. The minimum Gasteiger partial charge on any atom is -0.347 e. The van der Waals surface area contributed by atoms with Crippen LogP contribution in [0, 0.1) is 17.6 Å². The molecule has 3 aromatic rings. The number of aromatic nitrogens is 1. The number of fused-ring (bicyclic) bond motifs is 1. The van der Waals surface area contributed by atoms with E-state index in [-0.39, 0.29) is 23.5 Å². The van der Waals surface area contributed by atoms with Crippen molar-refractivity contribution >= 4 is 38.3 Å². The lowest BCUT2D eigenvalue weighted by Crippen LogP contribution is -2.40. The van der Waals surface area contributed by atoms with Crippen LogP contribution in [0.5, 0.6) is 0 Å². The Morgan fingerprint density at radius 2 is 2.08 bits per heavy atom. The van der Waals surface area contributed by atoms with Gasteiger partial charge in [0.1, 0.15) is 17.2 Å². The van der Waals surface area contributed by atoms with Crippen LogP contribution in [0.2, 0.25) is 0 Å². The number of hydrogen-bond donors (Lipinski definition) is 1. The van der Waals surface area contributed by atoms with Crippen LogP contribution < -0.4 is 10.2 Å². The number of amides is 1. The van der Waals surface area contributed by atoms with E-state index in [0.29, 0.717) is 17.7 Å². The normalized spacial score (nSPS) is 17.5. The summed E-state index contributed by atoms with van der Waals surface area (Å²) in [6.07, 6.45) is 1.61. The van der Waals surface area contributed by atoms with Crippen LogP contribution in [0.15, 0.2) is 42.5 Å². The molecule has 1 aliphatic heterocycles.